The van der Waals surface area contributed by atoms with E-state index in [2.05, 4.69) is 4.98 Å². The number of fused-ring (bicyclic) bond motifs is 1. The third-order valence-corrected chi connectivity index (χ3v) is 3.66. The molecule has 20 heavy (non-hydrogen) atoms. The lowest BCUT2D eigenvalue weighted by Gasteiger charge is -2.22. The van der Waals surface area contributed by atoms with Crippen molar-refractivity contribution in [1.29, 1.82) is 0 Å². The number of aromatic nitrogens is 1. The maximum atomic E-state index is 11.0. The van der Waals surface area contributed by atoms with Crippen molar-refractivity contribution in [2.75, 3.05) is 19.8 Å². The van der Waals surface area contributed by atoms with Crippen molar-refractivity contribution in [2.24, 2.45) is 5.92 Å². The molecule has 2 aromatic rings. The van der Waals surface area contributed by atoms with Gasteiger partial charge in [-0.3, -0.25) is 10.5 Å². The molecule has 1 aromatic heterocycles. The molecule has 2 N–H and O–H groups in total. The molecule has 5 nitrogen and oxygen atoms in total. The van der Waals surface area contributed by atoms with E-state index in [1.54, 1.807) is 6.07 Å². The normalized spacial score (nSPS) is 16.4. The van der Waals surface area contributed by atoms with Gasteiger partial charge >= 0.3 is 0 Å². The smallest absolute Gasteiger partial charge is 0.286 e. The highest BCUT2D eigenvalue weighted by molar-refractivity contribution is 5.96. The number of nitrogens with one attached hydrogen (secondary N) is 2. The summed E-state index contributed by atoms with van der Waals surface area (Å²) in [6, 6.07) is 7.35. The maximum Gasteiger partial charge on any atom is 0.286 e. The average Bonchev–Trinajstić information content (AvgIpc) is 2.89. The van der Waals surface area contributed by atoms with Crippen LogP contribution in [0, 0.1) is 5.92 Å². The molecule has 5 heteroatoms. The van der Waals surface area contributed by atoms with Crippen molar-refractivity contribution in [3.63, 3.8) is 0 Å². The highest BCUT2D eigenvalue weighted by Gasteiger charge is 2.14. The SMILES string of the molecule is [NH]C(=O)c1cc2cc(OCC3CCOCC3)ccc2[nH]1. The van der Waals surface area contributed by atoms with Crippen molar-refractivity contribution in [3.05, 3.63) is 30.0 Å². The summed E-state index contributed by atoms with van der Waals surface area (Å²) >= 11 is 0. The molecule has 1 aliphatic heterocycles. The monoisotopic (exact) mass is 273 g/mol. The number of hydrogen-bond acceptors (Lipinski definition) is 3. The van der Waals surface area contributed by atoms with Gasteiger partial charge in [0.15, 0.2) is 0 Å². The summed E-state index contributed by atoms with van der Waals surface area (Å²) in [5, 5.41) is 0.894. The minimum absolute atomic E-state index is 0.307. The van der Waals surface area contributed by atoms with Crippen LogP contribution in [0.3, 0.4) is 0 Å². The summed E-state index contributed by atoms with van der Waals surface area (Å²) in [4.78, 5) is 13.9. The molecule has 0 saturated carbocycles. The fraction of sp³-hybridized carbons (Fsp3) is 0.400. The van der Waals surface area contributed by atoms with Gasteiger partial charge in [-0.05, 0) is 43.0 Å². The molecule has 1 aromatic carbocycles. The molecular weight excluding hydrogens is 256 g/mol. The highest BCUT2D eigenvalue weighted by Crippen LogP contribution is 2.23. The van der Waals surface area contributed by atoms with E-state index in [1.807, 2.05) is 18.2 Å². The number of carbonyl (C=O) groups is 1. The van der Waals surface area contributed by atoms with Crippen LogP contribution in [0.2, 0.25) is 0 Å². The lowest BCUT2D eigenvalue weighted by molar-refractivity contribution is 0.0498. The molecule has 0 unspecified atom stereocenters. The van der Waals surface area contributed by atoms with Gasteiger partial charge in [0.2, 0.25) is 0 Å². The standard InChI is InChI=1S/C15H17N2O3/c16-15(18)14-8-11-7-12(1-2-13(11)17-14)20-9-10-3-5-19-6-4-10/h1-2,7-8,10,16-17H,3-6,9H2. The minimum atomic E-state index is -0.703. The number of rotatable bonds is 4. The Balaban J connectivity index is 1.70. The van der Waals surface area contributed by atoms with Gasteiger partial charge in [0.25, 0.3) is 5.91 Å². The van der Waals surface area contributed by atoms with Gasteiger partial charge in [-0.15, -0.1) is 0 Å². The van der Waals surface area contributed by atoms with Gasteiger partial charge in [0.1, 0.15) is 11.4 Å². The van der Waals surface area contributed by atoms with Crippen LogP contribution in [0.1, 0.15) is 23.3 Å². The Kier molecular flexibility index (Phi) is 3.60. The highest BCUT2D eigenvalue weighted by atomic mass is 16.5. The van der Waals surface area contributed by atoms with Crippen LogP contribution in [0.25, 0.3) is 10.9 Å². The van der Waals surface area contributed by atoms with E-state index in [4.69, 9.17) is 15.2 Å². The molecule has 2 heterocycles. The van der Waals surface area contributed by atoms with E-state index in [0.29, 0.717) is 18.2 Å². The van der Waals surface area contributed by atoms with Crippen LogP contribution >= 0.6 is 0 Å². The zero-order valence-corrected chi connectivity index (χ0v) is 11.1. The molecule has 105 valence electrons. The zero-order chi connectivity index (χ0) is 13.9. The quantitative estimate of drug-likeness (QED) is 0.929. The second kappa shape index (κ2) is 5.54. The Labute approximate surface area is 117 Å². The van der Waals surface area contributed by atoms with Crippen LogP contribution < -0.4 is 10.5 Å². The van der Waals surface area contributed by atoms with Crippen LogP contribution in [0.4, 0.5) is 0 Å². The number of ether oxygens (including phenoxy) is 2. The molecule has 1 amide bonds. The Bertz CT molecular complexity index is 615. The van der Waals surface area contributed by atoms with Crippen molar-refractivity contribution < 1.29 is 14.3 Å². The van der Waals surface area contributed by atoms with Gasteiger partial charge in [0, 0.05) is 24.1 Å². The van der Waals surface area contributed by atoms with Gasteiger partial charge in [0.05, 0.1) is 6.61 Å². The van der Waals surface area contributed by atoms with Crippen molar-refractivity contribution in [3.8, 4) is 5.75 Å². The lowest BCUT2D eigenvalue weighted by atomic mass is 10.0. The number of benzene rings is 1. The van der Waals surface area contributed by atoms with Crippen LogP contribution in [-0.4, -0.2) is 30.7 Å². The van der Waals surface area contributed by atoms with Crippen LogP contribution in [-0.2, 0) is 4.74 Å². The number of carbonyl (C=O) groups excluding carboxylic acids is 1. The second-order valence-corrected chi connectivity index (χ2v) is 5.13. The first-order valence-electron chi connectivity index (χ1n) is 6.81. The van der Waals surface area contributed by atoms with Gasteiger partial charge in [-0.2, -0.15) is 0 Å². The Hall–Kier alpha value is -2.01. The predicted octanol–water partition coefficient (Wildman–Crippen LogP) is 2.40. The first kappa shape index (κ1) is 13.0. The molecule has 1 radical (unpaired) electrons. The Morgan fingerprint density at radius 3 is 2.90 bits per heavy atom. The van der Waals surface area contributed by atoms with Gasteiger partial charge < -0.3 is 14.5 Å². The largest absolute Gasteiger partial charge is 0.493 e. The topological polar surface area (TPSA) is 75.1 Å². The molecule has 0 spiro atoms. The fourth-order valence-corrected chi connectivity index (χ4v) is 2.45. The van der Waals surface area contributed by atoms with E-state index in [9.17, 15) is 4.79 Å². The first-order chi connectivity index (χ1) is 9.72. The number of H-pyrrole nitrogens is 1. The maximum absolute atomic E-state index is 11.0. The van der Waals surface area contributed by atoms with Crippen molar-refractivity contribution >= 4 is 16.8 Å². The van der Waals surface area contributed by atoms with Crippen LogP contribution in [0.15, 0.2) is 24.3 Å². The van der Waals surface area contributed by atoms with Crippen molar-refractivity contribution in [2.45, 2.75) is 12.8 Å². The summed E-state index contributed by atoms with van der Waals surface area (Å²) in [6.45, 7) is 2.34. The van der Waals surface area contributed by atoms with E-state index in [1.165, 1.54) is 0 Å². The van der Waals surface area contributed by atoms with E-state index in [0.717, 1.165) is 42.7 Å². The molecule has 0 atom stereocenters. The molecular formula is C15H17N2O3. The molecule has 1 saturated heterocycles. The molecule has 3 rings (SSSR count). The average molecular weight is 273 g/mol. The zero-order valence-electron chi connectivity index (χ0n) is 11.1. The Morgan fingerprint density at radius 1 is 1.35 bits per heavy atom. The Morgan fingerprint density at radius 2 is 2.15 bits per heavy atom. The van der Waals surface area contributed by atoms with E-state index in [-0.39, 0.29) is 0 Å². The second-order valence-electron chi connectivity index (χ2n) is 5.13. The molecule has 0 aliphatic carbocycles. The minimum Gasteiger partial charge on any atom is -0.493 e. The molecule has 0 bridgehead atoms. The summed E-state index contributed by atoms with van der Waals surface area (Å²) in [5.74, 6) is 0.647. The fourth-order valence-electron chi connectivity index (χ4n) is 2.45. The summed E-state index contributed by atoms with van der Waals surface area (Å²) in [5.41, 5.74) is 8.26. The third kappa shape index (κ3) is 2.77. The first-order valence-corrected chi connectivity index (χ1v) is 6.81. The molecule has 1 fully saturated rings. The van der Waals surface area contributed by atoms with E-state index < -0.39 is 5.91 Å². The van der Waals surface area contributed by atoms with Gasteiger partial charge in [-0.1, -0.05) is 0 Å². The van der Waals surface area contributed by atoms with Gasteiger partial charge in [-0.25, -0.2) is 0 Å². The van der Waals surface area contributed by atoms with Crippen molar-refractivity contribution in [1.82, 2.24) is 10.7 Å². The lowest BCUT2D eigenvalue weighted by Crippen LogP contribution is -2.21. The summed E-state index contributed by atoms with van der Waals surface area (Å²) < 4.78 is 11.1. The molecule has 1 aliphatic rings. The van der Waals surface area contributed by atoms with E-state index >= 15 is 0 Å². The predicted molar refractivity (Wildman–Crippen MR) is 74.8 cm³/mol. The van der Waals surface area contributed by atoms with Crippen LogP contribution in [0.5, 0.6) is 5.75 Å². The number of amides is 1. The number of aromatic amines is 1. The number of hydrogen-bond donors (Lipinski definition) is 1. The third-order valence-electron chi connectivity index (χ3n) is 3.66. The summed E-state index contributed by atoms with van der Waals surface area (Å²) in [7, 11) is 0. The summed E-state index contributed by atoms with van der Waals surface area (Å²) in [6.07, 6.45) is 2.09.